The molecule has 0 unspecified atom stereocenters. The number of rotatable bonds is 9. The van der Waals surface area contributed by atoms with Crippen molar-refractivity contribution in [1.29, 1.82) is 0 Å². The highest BCUT2D eigenvalue weighted by Gasteiger charge is 2.21. The minimum absolute atomic E-state index is 0.0192. The van der Waals surface area contributed by atoms with Crippen molar-refractivity contribution in [2.75, 3.05) is 18.5 Å². The molecule has 0 atom stereocenters. The van der Waals surface area contributed by atoms with Crippen LogP contribution in [-0.4, -0.2) is 42.1 Å². The van der Waals surface area contributed by atoms with Gasteiger partial charge in [-0.25, -0.2) is 4.79 Å². The van der Waals surface area contributed by atoms with E-state index in [1.807, 2.05) is 0 Å². The van der Waals surface area contributed by atoms with Crippen LogP contribution in [0.4, 0.5) is 0 Å². The van der Waals surface area contributed by atoms with Crippen LogP contribution in [0.2, 0.25) is 0 Å². The van der Waals surface area contributed by atoms with Gasteiger partial charge in [-0.15, -0.1) is 0 Å². The number of ether oxygens (including phenoxy) is 3. The molecule has 0 spiro atoms. The summed E-state index contributed by atoms with van der Waals surface area (Å²) in [5.74, 6) is -1.59. The first-order chi connectivity index (χ1) is 9.30. The van der Waals surface area contributed by atoms with Gasteiger partial charge in [0.1, 0.15) is 18.8 Å². The Morgan fingerprint density at radius 3 is 2.20 bits per heavy atom. The summed E-state index contributed by atoms with van der Waals surface area (Å²) < 4.78 is 14.6. The van der Waals surface area contributed by atoms with Gasteiger partial charge in [0.25, 0.3) is 0 Å². The van der Waals surface area contributed by atoms with Crippen LogP contribution in [0.25, 0.3) is 0 Å². The Morgan fingerprint density at radius 2 is 1.65 bits per heavy atom. The van der Waals surface area contributed by atoms with E-state index in [-0.39, 0.29) is 26.1 Å². The molecule has 0 aliphatic carbocycles. The summed E-state index contributed by atoms with van der Waals surface area (Å²) in [7, 11) is 0. The van der Waals surface area contributed by atoms with E-state index < -0.39 is 23.5 Å². The quantitative estimate of drug-likeness (QED) is 0.273. The summed E-state index contributed by atoms with van der Waals surface area (Å²) >= 11 is 3.23. The van der Waals surface area contributed by atoms with Gasteiger partial charge in [0.05, 0.1) is 12.8 Å². The molecule has 20 heavy (non-hydrogen) atoms. The molecule has 0 aromatic carbocycles. The summed E-state index contributed by atoms with van der Waals surface area (Å²) in [6, 6.07) is 0. The number of hydrogen-bond acceptors (Lipinski definition) is 6. The second-order valence-electron chi connectivity index (χ2n) is 4.46. The van der Waals surface area contributed by atoms with E-state index in [2.05, 4.69) is 27.2 Å². The summed E-state index contributed by atoms with van der Waals surface area (Å²) in [6.45, 7) is 6.60. The Morgan fingerprint density at radius 1 is 1.10 bits per heavy atom. The molecule has 114 valence electrons. The van der Waals surface area contributed by atoms with Gasteiger partial charge < -0.3 is 14.2 Å². The van der Waals surface area contributed by atoms with Gasteiger partial charge in [-0.3, -0.25) is 9.59 Å². The van der Waals surface area contributed by atoms with Crippen LogP contribution in [0.1, 0.15) is 26.7 Å². The van der Waals surface area contributed by atoms with Crippen molar-refractivity contribution < 1.29 is 28.6 Å². The molecule has 0 rings (SSSR count). The fourth-order valence-electron chi connectivity index (χ4n) is 1.00. The van der Waals surface area contributed by atoms with Crippen molar-refractivity contribution in [1.82, 2.24) is 0 Å². The monoisotopic (exact) mass is 350 g/mol. The van der Waals surface area contributed by atoms with E-state index >= 15 is 0 Å². The molecule has 0 saturated carbocycles. The molecule has 0 aromatic rings. The smallest absolute Gasteiger partial charge is 0.330 e. The second-order valence-corrected chi connectivity index (χ2v) is 5.02. The van der Waals surface area contributed by atoms with Crippen molar-refractivity contribution in [3.63, 3.8) is 0 Å². The van der Waals surface area contributed by atoms with Crippen LogP contribution in [0.5, 0.6) is 0 Å². The molecule has 0 radical (unpaired) electrons. The number of hydrogen-bond donors (Lipinski definition) is 0. The summed E-state index contributed by atoms with van der Waals surface area (Å²) in [4.78, 5) is 33.4. The molecule has 0 amide bonds. The summed E-state index contributed by atoms with van der Waals surface area (Å²) in [6.07, 6.45) is 0.920. The first-order valence-electron chi connectivity index (χ1n) is 6.03. The van der Waals surface area contributed by atoms with Crippen LogP contribution in [0.3, 0.4) is 0 Å². The van der Waals surface area contributed by atoms with Gasteiger partial charge >= 0.3 is 17.9 Å². The SMILES string of the molecule is C=CC(=O)OCCC(=O)OCCC(=O)OC(C)(C)CBr. The van der Waals surface area contributed by atoms with Crippen LogP contribution in [0.15, 0.2) is 12.7 Å². The van der Waals surface area contributed by atoms with Crippen molar-refractivity contribution >= 4 is 33.8 Å². The Labute approximate surface area is 126 Å². The molecule has 0 saturated heterocycles. The maximum absolute atomic E-state index is 11.4. The molecule has 0 heterocycles. The third-order valence-electron chi connectivity index (χ3n) is 2.00. The van der Waals surface area contributed by atoms with Gasteiger partial charge in [0.2, 0.25) is 0 Å². The number of esters is 3. The zero-order valence-electron chi connectivity index (χ0n) is 11.6. The largest absolute Gasteiger partial charge is 0.465 e. The van der Waals surface area contributed by atoms with Crippen molar-refractivity contribution in [3.05, 3.63) is 12.7 Å². The maximum Gasteiger partial charge on any atom is 0.330 e. The molecule has 7 heteroatoms. The molecular formula is C13H19BrO6. The summed E-state index contributed by atoms with van der Waals surface area (Å²) in [5.41, 5.74) is -0.597. The number of carbonyl (C=O) groups is 3. The molecule has 0 aliphatic heterocycles. The van der Waals surface area contributed by atoms with Gasteiger partial charge in [-0.2, -0.15) is 0 Å². The van der Waals surface area contributed by atoms with Crippen molar-refractivity contribution in [2.24, 2.45) is 0 Å². The molecule has 0 aliphatic rings. The Hall–Kier alpha value is -1.37. The van der Waals surface area contributed by atoms with E-state index in [4.69, 9.17) is 9.47 Å². The minimum Gasteiger partial charge on any atom is -0.465 e. The van der Waals surface area contributed by atoms with E-state index in [0.29, 0.717) is 5.33 Å². The predicted octanol–water partition coefficient (Wildman–Crippen LogP) is 1.76. The topological polar surface area (TPSA) is 78.9 Å². The van der Waals surface area contributed by atoms with Gasteiger partial charge in [0, 0.05) is 11.4 Å². The lowest BCUT2D eigenvalue weighted by Gasteiger charge is -2.22. The zero-order valence-corrected chi connectivity index (χ0v) is 13.2. The van der Waals surface area contributed by atoms with E-state index in [1.165, 1.54) is 0 Å². The molecule has 0 aromatic heterocycles. The van der Waals surface area contributed by atoms with Gasteiger partial charge in [0.15, 0.2) is 0 Å². The van der Waals surface area contributed by atoms with Crippen LogP contribution >= 0.6 is 15.9 Å². The predicted molar refractivity (Wildman–Crippen MR) is 75.3 cm³/mol. The average molecular weight is 351 g/mol. The van der Waals surface area contributed by atoms with Crippen molar-refractivity contribution in [3.8, 4) is 0 Å². The van der Waals surface area contributed by atoms with Gasteiger partial charge in [-0.1, -0.05) is 22.5 Å². The van der Waals surface area contributed by atoms with Crippen molar-refractivity contribution in [2.45, 2.75) is 32.3 Å². The normalized spacial score (nSPS) is 10.6. The third-order valence-corrected chi connectivity index (χ3v) is 3.35. The molecule has 0 bridgehead atoms. The summed E-state index contributed by atoms with van der Waals surface area (Å²) in [5, 5.41) is 0.514. The number of halogens is 1. The first-order valence-corrected chi connectivity index (χ1v) is 7.15. The van der Waals surface area contributed by atoms with Crippen LogP contribution in [-0.2, 0) is 28.6 Å². The van der Waals surface area contributed by atoms with E-state index in [0.717, 1.165) is 6.08 Å². The highest BCUT2D eigenvalue weighted by Crippen LogP contribution is 2.13. The second kappa shape index (κ2) is 9.52. The fraction of sp³-hybridized carbons (Fsp3) is 0.615. The molecule has 6 nitrogen and oxygen atoms in total. The fourth-order valence-corrected chi connectivity index (χ4v) is 1.12. The lowest BCUT2D eigenvalue weighted by molar-refractivity contribution is -0.157. The number of alkyl halides is 1. The highest BCUT2D eigenvalue weighted by atomic mass is 79.9. The molecule has 0 fully saturated rings. The highest BCUT2D eigenvalue weighted by molar-refractivity contribution is 9.09. The molecular weight excluding hydrogens is 332 g/mol. The lowest BCUT2D eigenvalue weighted by Crippen LogP contribution is -2.30. The van der Waals surface area contributed by atoms with Gasteiger partial charge in [-0.05, 0) is 13.8 Å². The standard InChI is InChI=1S/C13H19BrO6/c1-4-10(15)18-7-5-11(16)19-8-6-12(17)20-13(2,3)9-14/h4H,1,5-9H2,2-3H3. The Bertz CT molecular complexity index is 364. The van der Waals surface area contributed by atoms with Crippen LogP contribution < -0.4 is 0 Å². The Balaban J connectivity index is 3.73. The Kier molecular flexibility index (Phi) is 8.87. The number of carbonyl (C=O) groups excluding carboxylic acids is 3. The van der Waals surface area contributed by atoms with E-state index in [9.17, 15) is 14.4 Å². The molecule has 0 N–H and O–H groups in total. The third kappa shape index (κ3) is 9.55. The lowest BCUT2D eigenvalue weighted by atomic mass is 10.2. The zero-order chi connectivity index (χ0) is 15.6. The van der Waals surface area contributed by atoms with E-state index in [1.54, 1.807) is 13.8 Å². The van der Waals surface area contributed by atoms with Crippen LogP contribution in [0, 0.1) is 0 Å². The maximum atomic E-state index is 11.4. The average Bonchev–Trinajstić information content (AvgIpc) is 2.37. The first kappa shape index (κ1) is 18.6. The minimum atomic E-state index is -0.599.